The van der Waals surface area contributed by atoms with Crippen LogP contribution >= 0.6 is 0 Å². The molecule has 118 valence electrons. The SMILES string of the molecule is CCc1cccc2nc(N[C@@H](CC(C)C)C(=O)O)oc(=O)c12. The van der Waals surface area contributed by atoms with E-state index >= 15 is 0 Å². The van der Waals surface area contributed by atoms with Crippen LogP contribution in [0.4, 0.5) is 6.01 Å². The number of rotatable bonds is 6. The lowest BCUT2D eigenvalue weighted by Gasteiger charge is -2.16. The zero-order valence-electron chi connectivity index (χ0n) is 12.9. The minimum Gasteiger partial charge on any atom is -0.480 e. The fourth-order valence-corrected chi connectivity index (χ4v) is 2.38. The number of fused-ring (bicyclic) bond motifs is 1. The van der Waals surface area contributed by atoms with E-state index in [1.54, 1.807) is 6.07 Å². The maximum atomic E-state index is 12.2. The van der Waals surface area contributed by atoms with Crippen molar-refractivity contribution in [1.29, 1.82) is 0 Å². The smallest absolute Gasteiger partial charge is 0.348 e. The zero-order valence-corrected chi connectivity index (χ0v) is 12.9. The highest BCUT2D eigenvalue weighted by Crippen LogP contribution is 2.17. The second-order valence-electron chi connectivity index (χ2n) is 5.64. The third-order valence-corrected chi connectivity index (χ3v) is 3.43. The van der Waals surface area contributed by atoms with Crippen LogP contribution in [0.3, 0.4) is 0 Å². The number of anilines is 1. The van der Waals surface area contributed by atoms with Gasteiger partial charge in [-0.25, -0.2) is 9.59 Å². The average molecular weight is 304 g/mol. The van der Waals surface area contributed by atoms with Gasteiger partial charge in [-0.2, -0.15) is 4.98 Å². The van der Waals surface area contributed by atoms with Crippen LogP contribution in [-0.2, 0) is 11.2 Å². The molecule has 2 N–H and O–H groups in total. The van der Waals surface area contributed by atoms with Gasteiger partial charge in [0.15, 0.2) is 0 Å². The Labute approximate surface area is 128 Å². The molecule has 0 saturated carbocycles. The summed E-state index contributed by atoms with van der Waals surface area (Å²) in [5.74, 6) is -0.812. The number of hydrogen-bond acceptors (Lipinski definition) is 5. The molecule has 1 aromatic carbocycles. The van der Waals surface area contributed by atoms with E-state index in [0.29, 0.717) is 23.7 Å². The number of nitrogens with one attached hydrogen (secondary N) is 1. The molecule has 1 atom stereocenters. The minimum atomic E-state index is -0.999. The van der Waals surface area contributed by atoms with Crippen LogP contribution < -0.4 is 10.9 Å². The van der Waals surface area contributed by atoms with Crippen LogP contribution in [0.15, 0.2) is 27.4 Å². The van der Waals surface area contributed by atoms with Gasteiger partial charge in [0.25, 0.3) is 6.01 Å². The number of hydrogen-bond donors (Lipinski definition) is 2. The Morgan fingerprint density at radius 2 is 2.14 bits per heavy atom. The molecule has 0 spiro atoms. The average Bonchev–Trinajstić information content (AvgIpc) is 2.45. The topological polar surface area (TPSA) is 92.4 Å². The molecule has 0 fully saturated rings. The highest BCUT2D eigenvalue weighted by molar-refractivity contribution is 5.82. The first-order chi connectivity index (χ1) is 10.4. The molecule has 6 heteroatoms. The van der Waals surface area contributed by atoms with E-state index in [1.165, 1.54) is 0 Å². The van der Waals surface area contributed by atoms with Gasteiger partial charge in [-0.15, -0.1) is 0 Å². The Bertz CT molecular complexity index is 736. The summed E-state index contributed by atoms with van der Waals surface area (Å²) < 4.78 is 5.15. The summed E-state index contributed by atoms with van der Waals surface area (Å²) in [5, 5.41) is 12.4. The molecule has 0 radical (unpaired) electrons. The van der Waals surface area contributed by atoms with E-state index in [9.17, 15) is 14.7 Å². The van der Waals surface area contributed by atoms with Crippen LogP contribution in [0.2, 0.25) is 0 Å². The Hall–Kier alpha value is -2.37. The summed E-state index contributed by atoms with van der Waals surface area (Å²) in [4.78, 5) is 27.7. The Morgan fingerprint density at radius 1 is 1.41 bits per heavy atom. The minimum absolute atomic E-state index is 0.0567. The molecular formula is C16H20N2O4. The lowest BCUT2D eigenvalue weighted by atomic mass is 10.0. The van der Waals surface area contributed by atoms with E-state index in [2.05, 4.69) is 10.3 Å². The Balaban J connectivity index is 2.41. The summed E-state index contributed by atoms with van der Waals surface area (Å²) in [6.07, 6.45) is 1.11. The molecule has 1 aromatic heterocycles. The number of benzene rings is 1. The van der Waals surface area contributed by atoms with Crippen LogP contribution in [0, 0.1) is 5.92 Å². The molecule has 0 unspecified atom stereocenters. The standard InChI is InChI=1S/C16H20N2O4/c1-4-10-6-5-7-11-13(10)15(21)22-16(17-11)18-12(14(19)20)8-9(2)3/h5-7,9,12H,4,8H2,1-3H3,(H,17,18)(H,19,20)/t12-/m0/s1. The molecule has 2 aromatic rings. The maximum Gasteiger partial charge on any atom is 0.348 e. The normalized spacial score (nSPS) is 12.5. The number of carboxylic acid groups (broad SMARTS) is 1. The summed E-state index contributed by atoms with van der Waals surface area (Å²) in [6, 6.07) is 4.49. The van der Waals surface area contributed by atoms with Gasteiger partial charge in [0.1, 0.15) is 6.04 Å². The van der Waals surface area contributed by atoms with Gasteiger partial charge in [-0.3, -0.25) is 0 Å². The molecule has 1 heterocycles. The van der Waals surface area contributed by atoms with E-state index in [-0.39, 0.29) is 11.9 Å². The summed E-state index contributed by atoms with van der Waals surface area (Å²) >= 11 is 0. The summed E-state index contributed by atoms with van der Waals surface area (Å²) in [6.45, 7) is 5.80. The van der Waals surface area contributed by atoms with Gasteiger partial charge in [0, 0.05) is 0 Å². The van der Waals surface area contributed by atoms with Crippen LogP contribution in [-0.4, -0.2) is 22.1 Å². The lowest BCUT2D eigenvalue weighted by molar-refractivity contribution is -0.138. The first-order valence-corrected chi connectivity index (χ1v) is 7.34. The third-order valence-electron chi connectivity index (χ3n) is 3.43. The monoisotopic (exact) mass is 304 g/mol. The van der Waals surface area contributed by atoms with Crippen molar-refractivity contribution in [2.75, 3.05) is 5.32 Å². The zero-order chi connectivity index (χ0) is 16.3. The lowest BCUT2D eigenvalue weighted by Crippen LogP contribution is -2.31. The summed E-state index contributed by atoms with van der Waals surface area (Å²) in [7, 11) is 0. The quantitative estimate of drug-likeness (QED) is 0.852. The molecule has 0 aliphatic rings. The van der Waals surface area contributed by atoms with Gasteiger partial charge >= 0.3 is 11.6 Å². The number of carboxylic acids is 1. The van der Waals surface area contributed by atoms with Crippen molar-refractivity contribution >= 4 is 22.9 Å². The van der Waals surface area contributed by atoms with E-state index in [4.69, 9.17) is 4.42 Å². The number of nitrogens with zero attached hydrogens (tertiary/aromatic N) is 1. The van der Waals surface area contributed by atoms with Crippen molar-refractivity contribution < 1.29 is 14.3 Å². The molecule has 0 aliphatic heterocycles. The van der Waals surface area contributed by atoms with Gasteiger partial charge in [0.2, 0.25) is 0 Å². The first kappa shape index (κ1) is 16.0. The molecule has 2 rings (SSSR count). The van der Waals surface area contributed by atoms with Gasteiger partial charge < -0.3 is 14.8 Å². The fraction of sp³-hybridized carbons (Fsp3) is 0.438. The predicted octanol–water partition coefficient (Wildman–Crippen LogP) is 2.66. The predicted molar refractivity (Wildman–Crippen MR) is 84.2 cm³/mol. The Morgan fingerprint density at radius 3 is 2.73 bits per heavy atom. The van der Waals surface area contributed by atoms with Crippen LogP contribution in [0.25, 0.3) is 10.9 Å². The molecule has 0 aliphatic carbocycles. The van der Waals surface area contributed by atoms with Crippen LogP contribution in [0.1, 0.15) is 32.8 Å². The van der Waals surface area contributed by atoms with Crippen molar-refractivity contribution in [3.05, 3.63) is 34.2 Å². The van der Waals surface area contributed by atoms with Gasteiger partial charge in [-0.05, 0) is 30.4 Å². The largest absolute Gasteiger partial charge is 0.480 e. The number of carbonyl (C=O) groups is 1. The second kappa shape index (κ2) is 6.60. The summed E-state index contributed by atoms with van der Waals surface area (Å²) in [5.41, 5.74) is 0.868. The molecular weight excluding hydrogens is 284 g/mol. The highest BCUT2D eigenvalue weighted by atomic mass is 16.4. The van der Waals surface area contributed by atoms with Gasteiger partial charge in [0.05, 0.1) is 10.9 Å². The number of aromatic nitrogens is 1. The van der Waals surface area contributed by atoms with Crippen molar-refractivity contribution in [3.8, 4) is 0 Å². The van der Waals surface area contributed by atoms with Gasteiger partial charge in [-0.1, -0.05) is 32.9 Å². The number of aryl methyl sites for hydroxylation is 1. The van der Waals surface area contributed by atoms with E-state index in [0.717, 1.165) is 5.56 Å². The molecule has 0 amide bonds. The number of aliphatic carboxylic acids is 1. The Kier molecular flexibility index (Phi) is 4.80. The van der Waals surface area contributed by atoms with Crippen molar-refractivity contribution in [2.45, 2.75) is 39.7 Å². The second-order valence-corrected chi connectivity index (χ2v) is 5.64. The van der Waals surface area contributed by atoms with E-state index in [1.807, 2.05) is 32.9 Å². The molecule has 22 heavy (non-hydrogen) atoms. The van der Waals surface area contributed by atoms with Crippen molar-refractivity contribution in [2.24, 2.45) is 5.92 Å². The highest BCUT2D eigenvalue weighted by Gasteiger charge is 2.21. The van der Waals surface area contributed by atoms with Crippen molar-refractivity contribution in [3.63, 3.8) is 0 Å². The molecule has 0 saturated heterocycles. The maximum absolute atomic E-state index is 12.2. The molecule has 6 nitrogen and oxygen atoms in total. The molecule has 0 bridgehead atoms. The van der Waals surface area contributed by atoms with Crippen LogP contribution in [0.5, 0.6) is 0 Å². The van der Waals surface area contributed by atoms with E-state index < -0.39 is 17.6 Å². The first-order valence-electron chi connectivity index (χ1n) is 7.34. The van der Waals surface area contributed by atoms with Crippen molar-refractivity contribution in [1.82, 2.24) is 4.98 Å². The fourth-order valence-electron chi connectivity index (χ4n) is 2.38. The third kappa shape index (κ3) is 3.44.